The number of halogens is 2. The summed E-state index contributed by atoms with van der Waals surface area (Å²) in [5.74, 6) is -1.15. The Morgan fingerprint density at radius 1 is 1.59 bits per heavy atom. The minimum Gasteiger partial charge on any atom is -0.476 e. The Labute approximate surface area is 96.4 Å². The molecular formula is C10H12F2N2O3. The van der Waals surface area contributed by atoms with Crippen molar-refractivity contribution in [2.45, 2.75) is 6.43 Å². The summed E-state index contributed by atoms with van der Waals surface area (Å²) in [5.41, 5.74) is 0.224. The van der Waals surface area contributed by atoms with Crippen LogP contribution in [0.3, 0.4) is 0 Å². The lowest BCUT2D eigenvalue weighted by Crippen LogP contribution is -2.15. The molecule has 0 atom stereocenters. The quantitative estimate of drug-likeness (QED) is 0.713. The number of aromatic nitrogens is 1. The SMILES string of the molecule is O=C(O)c1ncccc1NCCOCC(F)F. The molecule has 1 rings (SSSR count). The van der Waals surface area contributed by atoms with Crippen LogP contribution in [0.15, 0.2) is 18.3 Å². The summed E-state index contributed by atoms with van der Waals surface area (Å²) in [5, 5.41) is 11.6. The van der Waals surface area contributed by atoms with Gasteiger partial charge < -0.3 is 15.2 Å². The predicted octanol–water partition coefficient (Wildman–Crippen LogP) is 1.47. The maximum atomic E-state index is 11.7. The molecule has 94 valence electrons. The van der Waals surface area contributed by atoms with Crippen LogP contribution >= 0.6 is 0 Å². The fourth-order valence-corrected chi connectivity index (χ4v) is 1.15. The van der Waals surface area contributed by atoms with Gasteiger partial charge >= 0.3 is 5.97 Å². The van der Waals surface area contributed by atoms with E-state index in [1.54, 1.807) is 12.1 Å². The molecule has 0 aliphatic heterocycles. The molecule has 1 aromatic rings. The third-order valence-electron chi connectivity index (χ3n) is 1.82. The molecule has 0 radical (unpaired) electrons. The minimum atomic E-state index is -2.50. The van der Waals surface area contributed by atoms with E-state index in [0.29, 0.717) is 5.69 Å². The highest BCUT2D eigenvalue weighted by molar-refractivity contribution is 5.91. The first-order chi connectivity index (χ1) is 8.11. The number of hydrogen-bond acceptors (Lipinski definition) is 4. The Morgan fingerprint density at radius 2 is 2.35 bits per heavy atom. The van der Waals surface area contributed by atoms with Gasteiger partial charge in [-0.3, -0.25) is 0 Å². The first-order valence-electron chi connectivity index (χ1n) is 4.89. The Kier molecular flexibility index (Phi) is 5.28. The van der Waals surface area contributed by atoms with Gasteiger partial charge in [-0.05, 0) is 12.1 Å². The van der Waals surface area contributed by atoms with E-state index in [1.165, 1.54) is 6.20 Å². The Morgan fingerprint density at radius 3 is 3.00 bits per heavy atom. The summed E-state index contributed by atoms with van der Waals surface area (Å²) in [7, 11) is 0. The van der Waals surface area contributed by atoms with Gasteiger partial charge in [-0.2, -0.15) is 0 Å². The molecular weight excluding hydrogens is 234 g/mol. The largest absolute Gasteiger partial charge is 0.476 e. The molecule has 0 bridgehead atoms. The molecule has 1 heterocycles. The van der Waals surface area contributed by atoms with E-state index in [0.717, 1.165) is 0 Å². The lowest BCUT2D eigenvalue weighted by molar-refractivity contribution is 0.0215. The Balaban J connectivity index is 2.39. The number of anilines is 1. The van der Waals surface area contributed by atoms with Crippen molar-refractivity contribution in [1.29, 1.82) is 0 Å². The van der Waals surface area contributed by atoms with Gasteiger partial charge in [0.15, 0.2) is 5.69 Å². The van der Waals surface area contributed by atoms with Gasteiger partial charge in [0.2, 0.25) is 0 Å². The number of aromatic carboxylic acids is 1. The summed E-state index contributed by atoms with van der Waals surface area (Å²) in [6, 6.07) is 3.12. The average Bonchev–Trinajstić information content (AvgIpc) is 2.28. The molecule has 0 aromatic carbocycles. The number of hydrogen-bond donors (Lipinski definition) is 2. The second-order valence-corrected chi connectivity index (χ2v) is 3.10. The molecule has 0 aliphatic carbocycles. The first kappa shape index (κ1) is 13.3. The monoisotopic (exact) mass is 246 g/mol. The third kappa shape index (κ3) is 4.73. The molecule has 0 fully saturated rings. The van der Waals surface area contributed by atoms with Gasteiger partial charge in [0, 0.05) is 12.7 Å². The van der Waals surface area contributed by atoms with Gasteiger partial charge in [-0.25, -0.2) is 18.6 Å². The van der Waals surface area contributed by atoms with Crippen LogP contribution in [-0.2, 0) is 4.74 Å². The van der Waals surface area contributed by atoms with Crippen LogP contribution in [0, 0.1) is 0 Å². The van der Waals surface area contributed by atoms with Gasteiger partial charge in [0.05, 0.1) is 12.3 Å². The van der Waals surface area contributed by atoms with E-state index in [-0.39, 0.29) is 18.8 Å². The van der Waals surface area contributed by atoms with Crippen molar-refractivity contribution in [3.63, 3.8) is 0 Å². The number of nitrogens with zero attached hydrogens (tertiary/aromatic N) is 1. The van der Waals surface area contributed by atoms with Crippen molar-refractivity contribution in [2.24, 2.45) is 0 Å². The van der Waals surface area contributed by atoms with Gasteiger partial charge in [0.25, 0.3) is 6.43 Å². The topological polar surface area (TPSA) is 71.5 Å². The zero-order valence-electron chi connectivity index (χ0n) is 8.90. The highest BCUT2D eigenvalue weighted by Gasteiger charge is 2.10. The number of nitrogens with one attached hydrogen (secondary N) is 1. The Hall–Kier alpha value is -1.76. The van der Waals surface area contributed by atoms with Crippen LogP contribution in [-0.4, -0.2) is 42.2 Å². The first-order valence-corrected chi connectivity index (χ1v) is 4.89. The molecule has 0 amide bonds. The number of rotatable bonds is 7. The second-order valence-electron chi connectivity index (χ2n) is 3.10. The number of ether oxygens (including phenoxy) is 1. The predicted molar refractivity (Wildman–Crippen MR) is 56.5 cm³/mol. The number of alkyl halides is 2. The standard InChI is InChI=1S/C10H12F2N2O3/c11-8(12)6-17-5-4-13-7-2-1-3-14-9(7)10(15)16/h1-3,8,13H,4-6H2,(H,15,16). The van der Waals surface area contributed by atoms with E-state index in [9.17, 15) is 13.6 Å². The van der Waals surface area contributed by atoms with Gasteiger partial charge in [0.1, 0.15) is 6.61 Å². The van der Waals surface area contributed by atoms with Gasteiger partial charge in [-0.1, -0.05) is 0 Å². The van der Waals surface area contributed by atoms with Crippen molar-refractivity contribution in [2.75, 3.05) is 25.1 Å². The summed E-state index contributed by atoms with van der Waals surface area (Å²) >= 11 is 0. The maximum absolute atomic E-state index is 11.7. The van der Waals surface area contributed by atoms with Crippen LogP contribution in [0.5, 0.6) is 0 Å². The molecule has 1 aromatic heterocycles. The fourth-order valence-electron chi connectivity index (χ4n) is 1.15. The molecule has 17 heavy (non-hydrogen) atoms. The lowest BCUT2D eigenvalue weighted by atomic mass is 10.3. The molecule has 0 saturated carbocycles. The average molecular weight is 246 g/mol. The van der Waals surface area contributed by atoms with Crippen LogP contribution in [0.2, 0.25) is 0 Å². The molecule has 0 unspecified atom stereocenters. The van der Waals surface area contributed by atoms with Gasteiger partial charge in [-0.15, -0.1) is 0 Å². The third-order valence-corrected chi connectivity index (χ3v) is 1.82. The molecule has 2 N–H and O–H groups in total. The minimum absolute atomic E-state index is 0.0678. The summed E-state index contributed by atoms with van der Waals surface area (Å²) < 4.78 is 28.1. The molecule has 5 nitrogen and oxygen atoms in total. The highest BCUT2D eigenvalue weighted by Crippen LogP contribution is 2.11. The second kappa shape index (κ2) is 6.74. The van der Waals surface area contributed by atoms with Crippen molar-refractivity contribution in [3.05, 3.63) is 24.0 Å². The van der Waals surface area contributed by atoms with Crippen molar-refractivity contribution in [1.82, 2.24) is 4.98 Å². The van der Waals surface area contributed by atoms with E-state index in [4.69, 9.17) is 5.11 Å². The van der Waals surface area contributed by atoms with Crippen molar-refractivity contribution in [3.8, 4) is 0 Å². The molecule has 0 spiro atoms. The number of carboxylic acids is 1. The molecule has 0 saturated heterocycles. The normalized spacial score (nSPS) is 10.5. The number of carboxylic acid groups (broad SMARTS) is 1. The summed E-state index contributed by atoms with van der Waals surface area (Å²) in [6.45, 7) is -0.322. The zero-order valence-corrected chi connectivity index (χ0v) is 8.90. The Bertz CT molecular complexity index is 374. The summed E-state index contributed by atoms with van der Waals surface area (Å²) in [4.78, 5) is 14.4. The van der Waals surface area contributed by atoms with Crippen molar-refractivity contribution >= 4 is 11.7 Å². The maximum Gasteiger partial charge on any atom is 0.356 e. The molecule has 0 aliphatic rings. The van der Waals surface area contributed by atoms with E-state index >= 15 is 0 Å². The smallest absolute Gasteiger partial charge is 0.356 e. The van der Waals surface area contributed by atoms with Crippen LogP contribution in [0.1, 0.15) is 10.5 Å². The van der Waals surface area contributed by atoms with E-state index < -0.39 is 19.0 Å². The zero-order chi connectivity index (χ0) is 12.7. The lowest BCUT2D eigenvalue weighted by Gasteiger charge is -2.08. The number of pyridine rings is 1. The van der Waals surface area contributed by atoms with E-state index in [2.05, 4.69) is 15.0 Å². The fraction of sp³-hybridized carbons (Fsp3) is 0.400. The van der Waals surface area contributed by atoms with Crippen LogP contribution in [0.25, 0.3) is 0 Å². The van der Waals surface area contributed by atoms with Crippen LogP contribution < -0.4 is 5.32 Å². The molecule has 7 heteroatoms. The van der Waals surface area contributed by atoms with Crippen LogP contribution in [0.4, 0.5) is 14.5 Å². The highest BCUT2D eigenvalue weighted by atomic mass is 19.3. The van der Waals surface area contributed by atoms with Crippen molar-refractivity contribution < 1.29 is 23.4 Å². The number of carbonyl (C=O) groups is 1. The summed E-state index contributed by atoms with van der Waals surface area (Å²) in [6.07, 6.45) is -1.13. The van der Waals surface area contributed by atoms with E-state index in [1.807, 2.05) is 0 Å².